The quantitative estimate of drug-likeness (QED) is 0.782. The second kappa shape index (κ2) is 5.21. The van der Waals surface area contributed by atoms with Crippen LogP contribution in [0.4, 0.5) is 5.82 Å². The van der Waals surface area contributed by atoms with Gasteiger partial charge >= 0.3 is 0 Å². The van der Waals surface area contributed by atoms with Gasteiger partial charge in [0, 0.05) is 25.7 Å². The van der Waals surface area contributed by atoms with E-state index in [4.69, 9.17) is 27.9 Å². The van der Waals surface area contributed by atoms with E-state index in [9.17, 15) is 0 Å². The Hall–Kier alpha value is -0.510. The van der Waals surface area contributed by atoms with Gasteiger partial charge in [0.1, 0.15) is 5.82 Å². The van der Waals surface area contributed by atoms with Crippen LogP contribution in [-0.2, 0) is 10.6 Å². The molecule has 1 atom stereocenters. The molecule has 1 aliphatic rings. The normalized spacial score (nSPS) is 20.1. The maximum Gasteiger partial charge on any atom is 0.147 e. The molecule has 1 aliphatic heterocycles. The SMILES string of the molecule is CN(c1ncc(CCl)cc1Cl)C1CCOC1. The zero-order chi connectivity index (χ0) is 11.5. The van der Waals surface area contributed by atoms with Crippen LogP contribution in [0.3, 0.4) is 0 Å². The number of aromatic nitrogens is 1. The number of alkyl halides is 1. The van der Waals surface area contributed by atoms with Crippen molar-refractivity contribution in [3.8, 4) is 0 Å². The highest BCUT2D eigenvalue weighted by atomic mass is 35.5. The summed E-state index contributed by atoms with van der Waals surface area (Å²) >= 11 is 11.9. The summed E-state index contributed by atoms with van der Waals surface area (Å²) < 4.78 is 5.35. The molecule has 1 aromatic heterocycles. The second-order valence-corrected chi connectivity index (χ2v) is 4.59. The number of pyridine rings is 1. The third kappa shape index (κ3) is 2.42. The minimum absolute atomic E-state index is 0.367. The van der Waals surface area contributed by atoms with Gasteiger partial charge in [-0.15, -0.1) is 11.6 Å². The van der Waals surface area contributed by atoms with Gasteiger partial charge in [-0.2, -0.15) is 0 Å². The van der Waals surface area contributed by atoms with Gasteiger partial charge in [-0.3, -0.25) is 0 Å². The molecule has 0 N–H and O–H groups in total. The molecule has 16 heavy (non-hydrogen) atoms. The minimum atomic E-state index is 0.367. The second-order valence-electron chi connectivity index (χ2n) is 3.91. The lowest BCUT2D eigenvalue weighted by Crippen LogP contribution is -2.32. The first-order valence-corrected chi connectivity index (χ1v) is 6.14. The summed E-state index contributed by atoms with van der Waals surface area (Å²) in [5.41, 5.74) is 0.937. The molecule has 1 fully saturated rings. The first-order chi connectivity index (χ1) is 7.72. The lowest BCUT2D eigenvalue weighted by Gasteiger charge is -2.25. The molecular formula is C11H14Cl2N2O. The Morgan fingerprint density at radius 1 is 1.62 bits per heavy atom. The molecule has 0 saturated carbocycles. The van der Waals surface area contributed by atoms with Gasteiger partial charge in [-0.25, -0.2) is 4.98 Å². The molecule has 3 nitrogen and oxygen atoms in total. The molecule has 1 unspecified atom stereocenters. The van der Waals surface area contributed by atoms with E-state index in [1.165, 1.54) is 0 Å². The van der Waals surface area contributed by atoms with Crippen LogP contribution in [0.15, 0.2) is 12.3 Å². The van der Waals surface area contributed by atoms with Crippen LogP contribution < -0.4 is 4.90 Å². The van der Waals surface area contributed by atoms with Crippen LogP contribution >= 0.6 is 23.2 Å². The maximum absolute atomic E-state index is 6.18. The van der Waals surface area contributed by atoms with Gasteiger partial charge in [0.05, 0.1) is 17.7 Å². The van der Waals surface area contributed by atoms with Crippen molar-refractivity contribution < 1.29 is 4.74 Å². The lowest BCUT2D eigenvalue weighted by molar-refractivity contribution is 0.193. The zero-order valence-electron chi connectivity index (χ0n) is 9.12. The number of nitrogens with zero attached hydrogens (tertiary/aromatic N) is 2. The molecule has 1 aromatic rings. The molecule has 0 aliphatic carbocycles. The summed E-state index contributed by atoms with van der Waals surface area (Å²) in [6.45, 7) is 1.55. The van der Waals surface area contributed by atoms with E-state index in [0.29, 0.717) is 16.9 Å². The summed E-state index contributed by atoms with van der Waals surface area (Å²) in [6, 6.07) is 2.23. The van der Waals surface area contributed by atoms with Crippen LogP contribution in [0, 0.1) is 0 Å². The Kier molecular flexibility index (Phi) is 3.90. The molecule has 1 saturated heterocycles. The first-order valence-electron chi connectivity index (χ1n) is 5.23. The number of ether oxygens (including phenoxy) is 1. The summed E-state index contributed by atoms with van der Waals surface area (Å²) in [5.74, 6) is 1.23. The average molecular weight is 261 g/mol. The monoisotopic (exact) mass is 260 g/mol. The molecule has 0 spiro atoms. The molecule has 0 amide bonds. The minimum Gasteiger partial charge on any atom is -0.379 e. The molecule has 2 heterocycles. The fraction of sp³-hybridized carbons (Fsp3) is 0.545. The van der Waals surface area contributed by atoms with Crippen molar-refractivity contribution in [2.24, 2.45) is 0 Å². The molecule has 0 bridgehead atoms. The number of hydrogen-bond acceptors (Lipinski definition) is 3. The predicted octanol–water partition coefficient (Wildman–Crippen LogP) is 2.70. The molecule has 5 heteroatoms. The van der Waals surface area contributed by atoms with Gasteiger partial charge in [0.2, 0.25) is 0 Å². The molecule has 0 aromatic carbocycles. The summed E-state index contributed by atoms with van der Waals surface area (Å²) in [5, 5.41) is 0.646. The lowest BCUT2D eigenvalue weighted by atomic mass is 10.2. The van der Waals surface area contributed by atoms with Crippen molar-refractivity contribution >= 4 is 29.0 Å². The Labute approximate surface area is 105 Å². The highest BCUT2D eigenvalue weighted by Crippen LogP contribution is 2.27. The highest BCUT2D eigenvalue weighted by Gasteiger charge is 2.22. The van der Waals surface area contributed by atoms with Gasteiger partial charge in [-0.05, 0) is 18.1 Å². The molecule has 88 valence electrons. The van der Waals surface area contributed by atoms with E-state index < -0.39 is 0 Å². The largest absolute Gasteiger partial charge is 0.379 e. The van der Waals surface area contributed by atoms with E-state index in [2.05, 4.69) is 9.88 Å². The van der Waals surface area contributed by atoms with E-state index in [0.717, 1.165) is 31.0 Å². The molecule has 0 radical (unpaired) electrons. The van der Waals surface area contributed by atoms with E-state index in [1.807, 2.05) is 13.1 Å². The zero-order valence-corrected chi connectivity index (χ0v) is 10.6. The Balaban J connectivity index is 2.19. The van der Waals surface area contributed by atoms with E-state index in [-0.39, 0.29) is 0 Å². The first kappa shape index (κ1) is 12.0. The van der Waals surface area contributed by atoms with Crippen molar-refractivity contribution in [1.29, 1.82) is 0 Å². The van der Waals surface area contributed by atoms with Gasteiger partial charge < -0.3 is 9.64 Å². The molecular weight excluding hydrogens is 247 g/mol. The third-order valence-electron chi connectivity index (χ3n) is 2.82. The van der Waals surface area contributed by atoms with E-state index >= 15 is 0 Å². The Morgan fingerprint density at radius 2 is 2.44 bits per heavy atom. The van der Waals surface area contributed by atoms with E-state index in [1.54, 1.807) is 6.20 Å². The van der Waals surface area contributed by atoms with Gasteiger partial charge in [0.25, 0.3) is 0 Å². The average Bonchev–Trinajstić information content (AvgIpc) is 2.81. The standard InChI is InChI=1S/C11H14Cl2N2O/c1-15(9-2-3-16-7-9)11-10(13)4-8(5-12)6-14-11/h4,6,9H,2-3,5,7H2,1H3. The van der Waals surface area contributed by atoms with Crippen molar-refractivity contribution in [3.63, 3.8) is 0 Å². The summed E-state index contributed by atoms with van der Waals surface area (Å²) in [4.78, 5) is 6.42. The third-order valence-corrected chi connectivity index (χ3v) is 3.41. The number of rotatable bonds is 3. The van der Waals surface area contributed by atoms with Crippen LogP contribution in [0.2, 0.25) is 5.02 Å². The fourth-order valence-corrected chi connectivity index (χ4v) is 2.27. The highest BCUT2D eigenvalue weighted by molar-refractivity contribution is 6.33. The number of anilines is 1. The van der Waals surface area contributed by atoms with Crippen LogP contribution in [0.25, 0.3) is 0 Å². The fourth-order valence-electron chi connectivity index (χ4n) is 1.80. The van der Waals surface area contributed by atoms with Crippen LogP contribution in [-0.4, -0.2) is 31.3 Å². The Morgan fingerprint density at radius 3 is 3.00 bits per heavy atom. The van der Waals surface area contributed by atoms with Crippen molar-refractivity contribution in [1.82, 2.24) is 4.98 Å². The van der Waals surface area contributed by atoms with Crippen LogP contribution in [0.5, 0.6) is 0 Å². The molecule has 2 rings (SSSR count). The van der Waals surface area contributed by atoms with Gasteiger partial charge in [-0.1, -0.05) is 11.6 Å². The van der Waals surface area contributed by atoms with Crippen molar-refractivity contribution in [2.75, 3.05) is 25.2 Å². The topological polar surface area (TPSA) is 25.4 Å². The predicted molar refractivity (Wildman–Crippen MR) is 66.4 cm³/mol. The summed E-state index contributed by atoms with van der Waals surface area (Å²) in [6.07, 6.45) is 2.78. The van der Waals surface area contributed by atoms with Crippen LogP contribution in [0.1, 0.15) is 12.0 Å². The van der Waals surface area contributed by atoms with Crippen molar-refractivity contribution in [2.45, 2.75) is 18.3 Å². The summed E-state index contributed by atoms with van der Waals surface area (Å²) in [7, 11) is 1.99. The maximum atomic E-state index is 6.18. The Bertz CT molecular complexity index is 367. The van der Waals surface area contributed by atoms with Gasteiger partial charge in [0.15, 0.2) is 0 Å². The number of halogens is 2. The number of hydrogen-bond donors (Lipinski definition) is 0. The number of likely N-dealkylation sites (N-methyl/N-ethyl adjacent to an activating group) is 1. The smallest absolute Gasteiger partial charge is 0.147 e. The van der Waals surface area contributed by atoms with Crippen molar-refractivity contribution in [3.05, 3.63) is 22.8 Å².